The lowest BCUT2D eigenvalue weighted by molar-refractivity contribution is 0.244. The number of methoxy groups -OCH3 is 1. The highest BCUT2D eigenvalue weighted by molar-refractivity contribution is 7.15. The fourth-order valence-electron chi connectivity index (χ4n) is 3.10. The zero-order chi connectivity index (χ0) is 17.2. The minimum atomic E-state index is 0.859. The molecule has 0 aliphatic carbocycles. The van der Waals surface area contributed by atoms with Crippen molar-refractivity contribution in [1.29, 1.82) is 0 Å². The molecule has 0 amide bonds. The highest BCUT2D eigenvalue weighted by Gasteiger charge is 2.19. The first kappa shape index (κ1) is 16.2. The van der Waals surface area contributed by atoms with Crippen LogP contribution in [-0.4, -0.2) is 33.5 Å². The van der Waals surface area contributed by atoms with E-state index in [0.717, 1.165) is 48.2 Å². The molecule has 25 heavy (non-hydrogen) atoms. The molecule has 0 spiro atoms. The molecule has 0 bridgehead atoms. The zero-order valence-electron chi connectivity index (χ0n) is 14.4. The fraction of sp³-hybridized carbons (Fsp3) is 0.316. The van der Waals surface area contributed by atoms with Gasteiger partial charge in [0.15, 0.2) is 0 Å². The highest BCUT2D eigenvalue weighted by atomic mass is 32.1. The van der Waals surface area contributed by atoms with Crippen LogP contribution in [0.5, 0.6) is 5.75 Å². The van der Waals surface area contributed by atoms with Crippen LogP contribution in [0.2, 0.25) is 0 Å². The Morgan fingerprint density at radius 2 is 2.16 bits per heavy atom. The summed E-state index contributed by atoms with van der Waals surface area (Å²) in [6.07, 6.45) is 4.94. The number of aryl methyl sites for hydroxylation is 1. The molecule has 0 N–H and O–H groups in total. The van der Waals surface area contributed by atoms with E-state index in [0.29, 0.717) is 0 Å². The second kappa shape index (κ2) is 6.90. The molecular formula is C19H20N4OS. The minimum absolute atomic E-state index is 0.859. The number of ether oxygens (including phenoxy) is 1. The lowest BCUT2D eigenvalue weighted by Crippen LogP contribution is -2.30. The number of thiazole rings is 1. The van der Waals surface area contributed by atoms with Crippen LogP contribution in [0.1, 0.15) is 22.0 Å². The van der Waals surface area contributed by atoms with E-state index in [1.165, 1.54) is 16.1 Å². The molecule has 0 saturated heterocycles. The number of nitrogens with zero attached hydrogens (tertiary/aromatic N) is 4. The molecular weight excluding hydrogens is 332 g/mol. The molecule has 0 fully saturated rings. The van der Waals surface area contributed by atoms with Crippen LogP contribution in [0, 0.1) is 6.92 Å². The van der Waals surface area contributed by atoms with Crippen LogP contribution in [-0.2, 0) is 19.5 Å². The number of rotatable bonds is 4. The van der Waals surface area contributed by atoms with Gasteiger partial charge in [-0.2, -0.15) is 0 Å². The van der Waals surface area contributed by atoms with E-state index >= 15 is 0 Å². The predicted molar refractivity (Wildman–Crippen MR) is 98.7 cm³/mol. The minimum Gasteiger partial charge on any atom is -0.497 e. The summed E-state index contributed by atoms with van der Waals surface area (Å²) in [6.45, 7) is 4.79. The zero-order valence-corrected chi connectivity index (χ0v) is 15.2. The van der Waals surface area contributed by atoms with E-state index < -0.39 is 0 Å². The van der Waals surface area contributed by atoms with Gasteiger partial charge in [0.25, 0.3) is 0 Å². The summed E-state index contributed by atoms with van der Waals surface area (Å²) in [7, 11) is 1.69. The van der Waals surface area contributed by atoms with Crippen LogP contribution >= 0.6 is 11.3 Å². The Morgan fingerprint density at radius 1 is 1.24 bits per heavy atom. The molecule has 6 heteroatoms. The Hall–Kier alpha value is -2.31. The van der Waals surface area contributed by atoms with Crippen LogP contribution in [0.25, 0.3) is 10.6 Å². The summed E-state index contributed by atoms with van der Waals surface area (Å²) in [5, 5.41) is 1.03. The number of fused-ring (bicyclic) bond motifs is 1. The maximum absolute atomic E-state index is 5.30. The Morgan fingerprint density at radius 3 is 3.04 bits per heavy atom. The second-order valence-corrected chi connectivity index (χ2v) is 7.33. The average molecular weight is 352 g/mol. The molecule has 0 saturated carbocycles. The summed E-state index contributed by atoms with van der Waals surface area (Å²) in [5.74, 6) is 1.72. The van der Waals surface area contributed by atoms with Gasteiger partial charge >= 0.3 is 0 Å². The predicted octanol–water partition coefficient (Wildman–Crippen LogP) is 3.48. The quantitative estimate of drug-likeness (QED) is 0.719. The highest BCUT2D eigenvalue weighted by Crippen LogP contribution is 2.29. The van der Waals surface area contributed by atoms with Crippen molar-refractivity contribution >= 4 is 11.3 Å². The summed E-state index contributed by atoms with van der Waals surface area (Å²) in [5.41, 5.74) is 3.54. The molecule has 128 valence electrons. The summed E-state index contributed by atoms with van der Waals surface area (Å²) >= 11 is 1.74. The van der Waals surface area contributed by atoms with Crippen LogP contribution in [0.15, 0.2) is 36.7 Å². The number of hydrogen-bond donors (Lipinski definition) is 0. The van der Waals surface area contributed by atoms with Gasteiger partial charge in [0.1, 0.15) is 16.6 Å². The van der Waals surface area contributed by atoms with Crippen LogP contribution in [0.3, 0.4) is 0 Å². The normalized spacial score (nSPS) is 14.3. The number of hydrogen-bond acceptors (Lipinski definition) is 6. The van der Waals surface area contributed by atoms with Gasteiger partial charge in [-0.05, 0) is 19.1 Å². The average Bonchev–Trinajstić information content (AvgIpc) is 3.10. The molecule has 5 nitrogen and oxygen atoms in total. The van der Waals surface area contributed by atoms with Gasteiger partial charge in [0.2, 0.25) is 0 Å². The molecule has 1 aliphatic heterocycles. The number of benzene rings is 1. The second-order valence-electron chi connectivity index (χ2n) is 6.21. The number of aromatic nitrogens is 3. The Bertz CT molecular complexity index is 893. The first-order valence-corrected chi connectivity index (χ1v) is 9.16. The van der Waals surface area contributed by atoms with Gasteiger partial charge in [0, 0.05) is 60.1 Å². The van der Waals surface area contributed by atoms with Gasteiger partial charge in [0.05, 0.1) is 7.11 Å². The lowest BCUT2D eigenvalue weighted by atomic mass is 10.1. The lowest BCUT2D eigenvalue weighted by Gasteiger charge is -2.27. The van der Waals surface area contributed by atoms with Crippen molar-refractivity contribution in [3.8, 4) is 16.3 Å². The smallest absolute Gasteiger partial charge is 0.125 e. The molecule has 3 heterocycles. The Kier molecular flexibility index (Phi) is 4.46. The van der Waals surface area contributed by atoms with Gasteiger partial charge in [-0.3, -0.25) is 4.90 Å². The van der Waals surface area contributed by atoms with Crippen molar-refractivity contribution in [2.45, 2.75) is 26.4 Å². The van der Waals surface area contributed by atoms with E-state index in [-0.39, 0.29) is 0 Å². The standard InChI is InChI=1S/C19H20N4OS/c1-13-20-9-15-11-23(7-6-18(15)22-13)12-17-10-21-19(25-17)14-4-3-5-16(8-14)24-2/h3-5,8-10H,6-7,11-12H2,1-2H3. The van der Waals surface area contributed by atoms with E-state index in [9.17, 15) is 0 Å². The Balaban J connectivity index is 1.47. The largest absolute Gasteiger partial charge is 0.497 e. The SMILES string of the molecule is COc1cccc(-c2ncc(CN3CCc4nc(C)ncc4C3)s2)c1. The van der Waals surface area contributed by atoms with Gasteiger partial charge in [-0.15, -0.1) is 11.3 Å². The molecule has 1 aliphatic rings. The third-order valence-electron chi connectivity index (χ3n) is 4.38. The van der Waals surface area contributed by atoms with E-state index in [2.05, 4.69) is 25.9 Å². The molecule has 3 aromatic rings. The summed E-state index contributed by atoms with van der Waals surface area (Å²) in [4.78, 5) is 17.2. The monoisotopic (exact) mass is 352 g/mol. The summed E-state index contributed by atoms with van der Waals surface area (Å²) < 4.78 is 5.30. The van der Waals surface area contributed by atoms with Crippen molar-refractivity contribution in [3.63, 3.8) is 0 Å². The Labute approximate surface area is 151 Å². The molecule has 1 aromatic carbocycles. The van der Waals surface area contributed by atoms with E-state index in [1.54, 1.807) is 18.4 Å². The van der Waals surface area contributed by atoms with E-state index in [4.69, 9.17) is 4.74 Å². The maximum Gasteiger partial charge on any atom is 0.125 e. The van der Waals surface area contributed by atoms with Crippen molar-refractivity contribution in [3.05, 3.63) is 58.6 Å². The van der Waals surface area contributed by atoms with Crippen molar-refractivity contribution in [2.24, 2.45) is 0 Å². The molecule has 2 aromatic heterocycles. The molecule has 0 unspecified atom stereocenters. The molecule has 0 atom stereocenters. The first-order chi connectivity index (χ1) is 12.2. The van der Waals surface area contributed by atoms with Gasteiger partial charge in [-0.1, -0.05) is 12.1 Å². The van der Waals surface area contributed by atoms with Crippen LogP contribution < -0.4 is 4.74 Å². The van der Waals surface area contributed by atoms with Crippen molar-refractivity contribution < 1.29 is 4.74 Å². The maximum atomic E-state index is 5.30. The van der Waals surface area contributed by atoms with E-state index in [1.807, 2.05) is 37.5 Å². The third kappa shape index (κ3) is 3.55. The van der Waals surface area contributed by atoms with Gasteiger partial charge < -0.3 is 4.74 Å². The van der Waals surface area contributed by atoms with Gasteiger partial charge in [-0.25, -0.2) is 15.0 Å². The summed E-state index contributed by atoms with van der Waals surface area (Å²) in [6, 6.07) is 8.05. The fourth-order valence-corrected chi connectivity index (χ4v) is 4.05. The first-order valence-electron chi connectivity index (χ1n) is 8.34. The molecule has 0 radical (unpaired) electrons. The third-order valence-corrected chi connectivity index (χ3v) is 5.41. The topological polar surface area (TPSA) is 51.1 Å². The van der Waals surface area contributed by atoms with Crippen LogP contribution in [0.4, 0.5) is 0 Å². The molecule has 4 rings (SSSR count). The van der Waals surface area contributed by atoms with Crippen molar-refractivity contribution in [1.82, 2.24) is 19.9 Å². The van der Waals surface area contributed by atoms with Crippen molar-refractivity contribution in [2.75, 3.05) is 13.7 Å².